The second kappa shape index (κ2) is 7.05. The van der Waals surface area contributed by atoms with Crippen molar-refractivity contribution in [3.05, 3.63) is 46.2 Å². The van der Waals surface area contributed by atoms with E-state index in [2.05, 4.69) is 54.6 Å². The van der Waals surface area contributed by atoms with E-state index in [1.165, 1.54) is 16.1 Å². The van der Waals surface area contributed by atoms with E-state index in [0.29, 0.717) is 5.92 Å². The lowest BCUT2D eigenvalue weighted by atomic mass is 10.1. The summed E-state index contributed by atoms with van der Waals surface area (Å²) in [7, 11) is 0. The van der Waals surface area contributed by atoms with E-state index in [-0.39, 0.29) is 24.0 Å². The number of hydrogen-bond donors (Lipinski definition) is 1. The molecule has 1 aliphatic heterocycles. The number of anilines is 2. The van der Waals surface area contributed by atoms with Gasteiger partial charge in [0.05, 0.1) is 12.2 Å². The Bertz CT molecular complexity index is 776. The molecule has 0 spiro atoms. The number of hydrogen-bond acceptors (Lipinski definition) is 4. The number of nitrogens with one attached hydrogen (secondary N) is 1. The van der Waals surface area contributed by atoms with Crippen molar-refractivity contribution in [3.8, 4) is 0 Å². The smallest absolute Gasteiger partial charge is 0.228 e. The largest absolute Gasteiger partial charge is 0.372 e. The SMILES string of the molecule is Cc1ccsc1C1CC1C(=O)Nc1ccc(N2C[C@@H](C)O[C@@H](C)C2)cc1. The fourth-order valence-electron chi connectivity index (χ4n) is 3.92. The maximum atomic E-state index is 12.5. The first-order valence-electron chi connectivity index (χ1n) is 9.36. The van der Waals surface area contributed by atoms with Gasteiger partial charge < -0.3 is 15.0 Å². The number of carbonyl (C=O) groups excluding carboxylic acids is 1. The minimum absolute atomic E-state index is 0.118. The number of amides is 1. The average molecular weight is 371 g/mol. The van der Waals surface area contributed by atoms with Crippen LogP contribution < -0.4 is 10.2 Å². The number of carbonyl (C=O) groups is 1. The van der Waals surface area contributed by atoms with Gasteiger partial charge in [-0.05, 0) is 68.5 Å². The predicted octanol–water partition coefficient (Wildman–Crippen LogP) is 4.41. The zero-order valence-corrected chi connectivity index (χ0v) is 16.4. The lowest BCUT2D eigenvalue weighted by Crippen LogP contribution is -2.45. The van der Waals surface area contributed by atoms with Crippen LogP contribution in [0.25, 0.3) is 0 Å². The number of rotatable bonds is 4. The topological polar surface area (TPSA) is 41.6 Å². The lowest BCUT2D eigenvalue weighted by molar-refractivity contribution is -0.117. The molecule has 1 aromatic heterocycles. The molecule has 2 unspecified atom stereocenters. The maximum absolute atomic E-state index is 12.5. The fourth-order valence-corrected chi connectivity index (χ4v) is 5.03. The summed E-state index contributed by atoms with van der Waals surface area (Å²) in [5, 5.41) is 5.20. The first-order valence-corrected chi connectivity index (χ1v) is 10.2. The second-order valence-electron chi connectivity index (χ2n) is 7.61. The summed E-state index contributed by atoms with van der Waals surface area (Å²) in [6, 6.07) is 10.3. The monoisotopic (exact) mass is 370 g/mol. The van der Waals surface area contributed by atoms with E-state index in [4.69, 9.17) is 4.74 Å². The number of ether oxygens (including phenoxy) is 1. The van der Waals surface area contributed by atoms with Crippen molar-refractivity contribution in [2.75, 3.05) is 23.3 Å². The van der Waals surface area contributed by atoms with Crippen molar-refractivity contribution in [2.45, 2.75) is 45.3 Å². The van der Waals surface area contributed by atoms with Gasteiger partial charge in [0.2, 0.25) is 5.91 Å². The van der Waals surface area contributed by atoms with Crippen molar-refractivity contribution >= 4 is 28.6 Å². The van der Waals surface area contributed by atoms with Crippen molar-refractivity contribution in [2.24, 2.45) is 5.92 Å². The summed E-state index contributed by atoms with van der Waals surface area (Å²) in [6.07, 6.45) is 1.45. The van der Waals surface area contributed by atoms with Gasteiger partial charge in [0.1, 0.15) is 0 Å². The molecule has 2 heterocycles. The molecule has 4 atom stereocenters. The molecule has 138 valence electrons. The van der Waals surface area contributed by atoms with Crippen LogP contribution in [0.2, 0.25) is 0 Å². The van der Waals surface area contributed by atoms with Crippen molar-refractivity contribution in [3.63, 3.8) is 0 Å². The maximum Gasteiger partial charge on any atom is 0.228 e. The van der Waals surface area contributed by atoms with E-state index in [9.17, 15) is 4.79 Å². The van der Waals surface area contributed by atoms with E-state index in [1.807, 2.05) is 12.1 Å². The summed E-state index contributed by atoms with van der Waals surface area (Å²) >= 11 is 1.77. The van der Waals surface area contributed by atoms with Gasteiger partial charge in [-0.15, -0.1) is 11.3 Å². The Morgan fingerprint density at radius 1 is 1.15 bits per heavy atom. The molecule has 1 saturated heterocycles. The predicted molar refractivity (Wildman–Crippen MR) is 107 cm³/mol. The number of thiophene rings is 1. The Morgan fingerprint density at radius 2 is 1.85 bits per heavy atom. The third-order valence-corrected chi connectivity index (χ3v) is 6.44. The standard InChI is InChI=1S/C21H26N2O2S/c1-13-8-9-26-20(13)18-10-19(18)21(24)22-16-4-6-17(7-5-16)23-11-14(2)25-15(3)12-23/h4-9,14-15,18-19H,10-12H2,1-3H3,(H,22,24)/t14-,15+,18?,19?. The van der Waals surface area contributed by atoms with Gasteiger partial charge in [0.25, 0.3) is 0 Å². The highest BCUT2D eigenvalue weighted by atomic mass is 32.1. The third kappa shape index (κ3) is 3.64. The van der Waals surface area contributed by atoms with Gasteiger partial charge in [-0.1, -0.05) is 0 Å². The van der Waals surface area contributed by atoms with Crippen molar-refractivity contribution in [1.29, 1.82) is 0 Å². The Kier molecular flexibility index (Phi) is 4.76. The van der Waals surface area contributed by atoms with Gasteiger partial charge >= 0.3 is 0 Å². The first-order chi connectivity index (χ1) is 12.5. The van der Waals surface area contributed by atoms with Gasteiger partial charge in [-0.3, -0.25) is 4.79 Å². The van der Waals surface area contributed by atoms with Gasteiger partial charge in [0.15, 0.2) is 0 Å². The number of aryl methyl sites for hydroxylation is 1. The van der Waals surface area contributed by atoms with E-state index in [1.54, 1.807) is 11.3 Å². The van der Waals surface area contributed by atoms with E-state index >= 15 is 0 Å². The minimum Gasteiger partial charge on any atom is -0.372 e. The number of benzene rings is 1. The first kappa shape index (κ1) is 17.6. The number of nitrogens with zero attached hydrogens (tertiary/aromatic N) is 1. The molecule has 1 N–H and O–H groups in total. The van der Waals surface area contributed by atoms with Gasteiger partial charge in [0, 0.05) is 41.2 Å². The molecule has 26 heavy (non-hydrogen) atoms. The average Bonchev–Trinajstić information content (AvgIpc) is 3.29. The van der Waals surface area contributed by atoms with E-state index in [0.717, 1.165) is 25.2 Å². The van der Waals surface area contributed by atoms with Crippen LogP contribution >= 0.6 is 11.3 Å². The van der Waals surface area contributed by atoms with Crippen LogP contribution in [0.3, 0.4) is 0 Å². The summed E-state index contributed by atoms with van der Waals surface area (Å²) in [5.74, 6) is 0.669. The lowest BCUT2D eigenvalue weighted by Gasteiger charge is -2.36. The number of morpholine rings is 1. The summed E-state index contributed by atoms with van der Waals surface area (Å²) in [6.45, 7) is 8.16. The zero-order valence-electron chi connectivity index (χ0n) is 15.6. The Morgan fingerprint density at radius 3 is 2.46 bits per heavy atom. The molecule has 1 aromatic carbocycles. The minimum atomic E-state index is 0.118. The molecule has 0 radical (unpaired) electrons. The molecule has 4 rings (SSSR count). The molecule has 4 nitrogen and oxygen atoms in total. The molecule has 5 heteroatoms. The molecular formula is C21H26N2O2S. The van der Waals surface area contributed by atoms with Crippen LogP contribution in [0.15, 0.2) is 35.7 Å². The van der Waals surface area contributed by atoms with Crippen LogP contribution in [0.1, 0.15) is 36.6 Å². The van der Waals surface area contributed by atoms with Crippen molar-refractivity contribution < 1.29 is 9.53 Å². The molecular weight excluding hydrogens is 344 g/mol. The summed E-state index contributed by atoms with van der Waals surface area (Å²) in [5.41, 5.74) is 3.37. The van der Waals surface area contributed by atoms with Gasteiger partial charge in [-0.25, -0.2) is 0 Å². The molecule has 1 aliphatic carbocycles. The zero-order chi connectivity index (χ0) is 18.3. The van der Waals surface area contributed by atoms with Crippen LogP contribution in [0.5, 0.6) is 0 Å². The molecule has 1 amide bonds. The van der Waals surface area contributed by atoms with Crippen LogP contribution in [-0.2, 0) is 9.53 Å². The highest BCUT2D eigenvalue weighted by molar-refractivity contribution is 7.10. The molecule has 2 fully saturated rings. The quantitative estimate of drug-likeness (QED) is 0.867. The highest BCUT2D eigenvalue weighted by Crippen LogP contribution is 2.50. The van der Waals surface area contributed by atoms with Crippen LogP contribution in [0.4, 0.5) is 11.4 Å². The summed E-state index contributed by atoms with van der Waals surface area (Å²) < 4.78 is 5.80. The molecule has 2 aliphatic rings. The Hall–Kier alpha value is -1.85. The van der Waals surface area contributed by atoms with Crippen LogP contribution in [-0.4, -0.2) is 31.2 Å². The summed E-state index contributed by atoms with van der Waals surface area (Å²) in [4.78, 5) is 16.3. The molecule has 1 saturated carbocycles. The fraction of sp³-hybridized carbons (Fsp3) is 0.476. The van der Waals surface area contributed by atoms with E-state index < -0.39 is 0 Å². The van der Waals surface area contributed by atoms with Crippen LogP contribution in [0, 0.1) is 12.8 Å². The Balaban J connectivity index is 1.36. The molecule has 0 bridgehead atoms. The highest BCUT2D eigenvalue weighted by Gasteiger charge is 2.45. The molecule has 2 aromatic rings. The third-order valence-electron chi connectivity index (χ3n) is 5.29. The van der Waals surface area contributed by atoms with Crippen molar-refractivity contribution in [1.82, 2.24) is 0 Å². The normalized spacial score (nSPS) is 28.0. The van der Waals surface area contributed by atoms with Gasteiger partial charge in [-0.2, -0.15) is 0 Å². The second-order valence-corrected chi connectivity index (χ2v) is 8.56. The Labute approximate surface area is 159 Å².